The van der Waals surface area contributed by atoms with Gasteiger partial charge in [0.1, 0.15) is 11.2 Å². The highest BCUT2D eigenvalue weighted by Crippen LogP contribution is 2.37. The molecule has 2 fully saturated rings. The number of nitrogens with zero attached hydrogens (tertiary/aromatic N) is 4. The maximum atomic E-state index is 13.8. The fourth-order valence-electron chi connectivity index (χ4n) is 6.55. The standard InChI is InChI=1S/C33H43N5O5/c1-20-14-34-30-26(20)13-25(15-35-30)24-11-23-7-8-36(31(39)37-16-21(2)42-22(3)17-37)18-28(23)27(12-24)29-19-41-10-9-38(29)32(40)43-33(4,5)6/h11-15,21-22,29H,7-10,16-19H2,1-6H3,(H,34,35)/t21-,22-,29-/m0/s1. The summed E-state index contributed by atoms with van der Waals surface area (Å²) in [6.45, 7) is 15.2. The first kappa shape index (κ1) is 29.4. The Morgan fingerprint density at radius 2 is 1.81 bits per heavy atom. The Morgan fingerprint density at radius 3 is 2.56 bits per heavy atom. The Labute approximate surface area is 253 Å². The van der Waals surface area contributed by atoms with Crippen LogP contribution >= 0.6 is 0 Å². The summed E-state index contributed by atoms with van der Waals surface area (Å²) in [6.07, 6.45) is 4.23. The van der Waals surface area contributed by atoms with Crippen molar-refractivity contribution in [1.82, 2.24) is 24.7 Å². The molecule has 1 aromatic carbocycles. The summed E-state index contributed by atoms with van der Waals surface area (Å²) in [6, 6.07) is 6.24. The molecule has 3 aliphatic rings. The summed E-state index contributed by atoms with van der Waals surface area (Å²) in [5.74, 6) is 0. The number of carbonyl (C=O) groups excluding carboxylic acids is 2. The number of nitrogens with one attached hydrogen (secondary N) is 1. The third-order valence-electron chi connectivity index (χ3n) is 8.52. The molecule has 10 nitrogen and oxygen atoms in total. The number of rotatable bonds is 2. The van der Waals surface area contributed by atoms with Gasteiger partial charge < -0.3 is 29.0 Å². The van der Waals surface area contributed by atoms with Gasteiger partial charge in [-0.3, -0.25) is 4.90 Å². The summed E-state index contributed by atoms with van der Waals surface area (Å²) in [7, 11) is 0. The number of morpholine rings is 2. The first-order valence-electron chi connectivity index (χ1n) is 15.3. The van der Waals surface area contributed by atoms with Gasteiger partial charge in [0.25, 0.3) is 0 Å². The van der Waals surface area contributed by atoms with Crippen LogP contribution in [0.15, 0.2) is 30.6 Å². The molecule has 3 aliphatic heterocycles. The molecular weight excluding hydrogens is 546 g/mol. The number of amides is 3. The number of ether oxygens (including phenoxy) is 3. The summed E-state index contributed by atoms with van der Waals surface area (Å²) >= 11 is 0. The Bertz CT molecular complexity index is 1520. The maximum absolute atomic E-state index is 13.8. The molecule has 0 saturated carbocycles. The molecule has 5 heterocycles. The van der Waals surface area contributed by atoms with Crippen molar-refractivity contribution < 1.29 is 23.8 Å². The fourth-order valence-corrected chi connectivity index (χ4v) is 6.55. The van der Waals surface area contributed by atoms with Crippen LogP contribution in [0.25, 0.3) is 22.2 Å². The molecule has 3 amide bonds. The average Bonchev–Trinajstić information content (AvgIpc) is 3.34. The second kappa shape index (κ2) is 11.5. The number of pyridine rings is 1. The lowest BCUT2D eigenvalue weighted by molar-refractivity contribution is -0.0586. The number of fused-ring (bicyclic) bond motifs is 2. The third-order valence-corrected chi connectivity index (χ3v) is 8.52. The maximum Gasteiger partial charge on any atom is 0.410 e. The zero-order valence-corrected chi connectivity index (χ0v) is 26.1. The van der Waals surface area contributed by atoms with Gasteiger partial charge in [-0.05, 0) is 87.9 Å². The van der Waals surface area contributed by atoms with Gasteiger partial charge in [0, 0.05) is 56.1 Å². The minimum absolute atomic E-state index is 0.000664. The Hall–Kier alpha value is -3.63. The van der Waals surface area contributed by atoms with Gasteiger partial charge in [-0.25, -0.2) is 14.6 Å². The Kier molecular flexibility index (Phi) is 7.85. The van der Waals surface area contributed by atoms with E-state index in [9.17, 15) is 9.59 Å². The van der Waals surface area contributed by atoms with Crippen LogP contribution in [0.4, 0.5) is 9.59 Å². The van der Waals surface area contributed by atoms with E-state index >= 15 is 0 Å². The molecule has 0 bridgehead atoms. The molecule has 3 atom stereocenters. The number of aromatic nitrogens is 2. The normalized spacial score (nSPS) is 22.9. The lowest BCUT2D eigenvalue weighted by Gasteiger charge is -2.41. The van der Waals surface area contributed by atoms with Gasteiger partial charge >= 0.3 is 12.1 Å². The van der Waals surface area contributed by atoms with Crippen LogP contribution in [0.3, 0.4) is 0 Å². The van der Waals surface area contributed by atoms with Crippen LogP contribution < -0.4 is 0 Å². The average molecular weight is 590 g/mol. The zero-order valence-electron chi connectivity index (χ0n) is 26.1. The SMILES string of the molecule is Cc1c[nH]c2ncc(-c3cc4c(c([C@@H]5COCCN5C(=O)OC(C)(C)C)c3)CN(C(=O)N3C[C@H](C)O[C@@H](C)C3)CC4)cc12. The zero-order chi connectivity index (χ0) is 30.5. The smallest absolute Gasteiger partial charge is 0.410 e. The van der Waals surface area contributed by atoms with Crippen LogP contribution in [0.2, 0.25) is 0 Å². The highest BCUT2D eigenvalue weighted by Gasteiger charge is 2.37. The molecule has 0 aliphatic carbocycles. The highest BCUT2D eigenvalue weighted by atomic mass is 16.6. The van der Waals surface area contributed by atoms with Crippen molar-refractivity contribution in [1.29, 1.82) is 0 Å². The first-order valence-corrected chi connectivity index (χ1v) is 15.3. The number of hydrogen-bond donors (Lipinski definition) is 1. The largest absolute Gasteiger partial charge is 0.444 e. The van der Waals surface area contributed by atoms with Crippen LogP contribution in [0.5, 0.6) is 0 Å². The lowest BCUT2D eigenvalue weighted by Crippen LogP contribution is -2.53. The van der Waals surface area contributed by atoms with Gasteiger partial charge in [0.2, 0.25) is 0 Å². The minimum atomic E-state index is -0.619. The topological polar surface area (TPSA) is 100 Å². The van der Waals surface area contributed by atoms with Crippen molar-refractivity contribution in [2.75, 3.05) is 39.4 Å². The van der Waals surface area contributed by atoms with E-state index in [2.05, 4.69) is 35.1 Å². The van der Waals surface area contributed by atoms with Crippen LogP contribution in [0.1, 0.15) is 62.9 Å². The first-order chi connectivity index (χ1) is 20.5. The number of benzene rings is 1. The quantitative estimate of drug-likeness (QED) is 0.428. The predicted molar refractivity (Wildman–Crippen MR) is 164 cm³/mol. The van der Waals surface area contributed by atoms with Crippen molar-refractivity contribution in [3.05, 3.63) is 52.8 Å². The minimum Gasteiger partial charge on any atom is -0.444 e. The van der Waals surface area contributed by atoms with E-state index < -0.39 is 5.60 Å². The summed E-state index contributed by atoms with van der Waals surface area (Å²) < 4.78 is 17.7. The molecule has 43 heavy (non-hydrogen) atoms. The molecule has 10 heteroatoms. The van der Waals surface area contributed by atoms with Crippen LogP contribution in [-0.4, -0.2) is 94.0 Å². The van der Waals surface area contributed by atoms with E-state index in [-0.39, 0.29) is 30.4 Å². The van der Waals surface area contributed by atoms with Gasteiger partial charge in [0.05, 0.1) is 31.5 Å². The van der Waals surface area contributed by atoms with Gasteiger partial charge in [-0.2, -0.15) is 0 Å². The summed E-state index contributed by atoms with van der Waals surface area (Å²) in [5.41, 5.74) is 6.67. The van der Waals surface area contributed by atoms with Gasteiger partial charge in [0.15, 0.2) is 0 Å². The van der Waals surface area contributed by atoms with Crippen LogP contribution in [0, 0.1) is 6.92 Å². The lowest BCUT2D eigenvalue weighted by atomic mass is 9.87. The summed E-state index contributed by atoms with van der Waals surface area (Å²) in [5, 5.41) is 1.08. The predicted octanol–water partition coefficient (Wildman–Crippen LogP) is 5.43. The second-order valence-electron chi connectivity index (χ2n) is 13.2. The molecule has 6 rings (SSSR count). The number of H-pyrrole nitrogens is 1. The van der Waals surface area contributed by atoms with Crippen molar-refractivity contribution >= 4 is 23.2 Å². The van der Waals surface area contributed by atoms with E-state index in [1.165, 1.54) is 5.56 Å². The van der Waals surface area contributed by atoms with Crippen LogP contribution in [-0.2, 0) is 27.2 Å². The number of aryl methyl sites for hydroxylation is 1. The molecule has 230 valence electrons. The summed E-state index contributed by atoms with van der Waals surface area (Å²) in [4.78, 5) is 40.8. The Balaban J connectivity index is 1.40. The molecule has 0 spiro atoms. The molecule has 2 saturated heterocycles. The molecule has 2 aromatic heterocycles. The fraction of sp³-hybridized carbons (Fsp3) is 0.545. The number of urea groups is 1. The molecule has 0 radical (unpaired) electrons. The second-order valence-corrected chi connectivity index (χ2v) is 13.2. The van der Waals surface area contributed by atoms with Crippen molar-refractivity contribution in [2.24, 2.45) is 0 Å². The number of aromatic amines is 1. The molecule has 0 unspecified atom stereocenters. The number of carbonyl (C=O) groups is 2. The van der Waals surface area contributed by atoms with E-state index in [1.807, 2.05) is 56.8 Å². The van der Waals surface area contributed by atoms with Crippen molar-refractivity contribution in [2.45, 2.75) is 78.4 Å². The third kappa shape index (κ3) is 6.08. The van der Waals surface area contributed by atoms with Crippen molar-refractivity contribution in [3.8, 4) is 11.1 Å². The van der Waals surface area contributed by atoms with E-state index in [4.69, 9.17) is 14.2 Å². The monoisotopic (exact) mass is 589 g/mol. The van der Waals surface area contributed by atoms with Gasteiger partial charge in [-0.15, -0.1) is 0 Å². The number of hydrogen-bond acceptors (Lipinski definition) is 6. The van der Waals surface area contributed by atoms with Gasteiger partial charge in [-0.1, -0.05) is 6.07 Å². The van der Waals surface area contributed by atoms with E-state index in [0.717, 1.165) is 45.3 Å². The van der Waals surface area contributed by atoms with E-state index in [1.54, 1.807) is 4.90 Å². The Morgan fingerprint density at radius 1 is 1.05 bits per heavy atom. The van der Waals surface area contributed by atoms with Crippen molar-refractivity contribution in [3.63, 3.8) is 0 Å². The molecular formula is C33H43N5O5. The molecule has 3 aromatic rings. The van der Waals surface area contributed by atoms with E-state index in [0.29, 0.717) is 45.9 Å². The highest BCUT2D eigenvalue weighted by molar-refractivity contribution is 5.85. The molecule has 1 N–H and O–H groups in total.